The van der Waals surface area contributed by atoms with Gasteiger partial charge in [0.1, 0.15) is 0 Å². The van der Waals surface area contributed by atoms with Gasteiger partial charge in [-0.2, -0.15) is 0 Å². The molecule has 5 nitrogen and oxygen atoms in total. The summed E-state index contributed by atoms with van der Waals surface area (Å²) >= 11 is 0. The molecule has 0 aliphatic heterocycles. The van der Waals surface area contributed by atoms with E-state index < -0.39 is 0 Å². The largest absolute Gasteiger partial charge is 0.394 e. The van der Waals surface area contributed by atoms with Gasteiger partial charge in [0.05, 0.1) is 59.5 Å². The summed E-state index contributed by atoms with van der Waals surface area (Å²) in [4.78, 5) is 0. The van der Waals surface area contributed by atoms with Crippen LogP contribution in [0.2, 0.25) is 0 Å². The van der Waals surface area contributed by atoms with E-state index in [0.717, 1.165) is 5.57 Å². The topological polar surface area (TPSA) is 57.2 Å². The smallest absolute Gasteiger partial charge is 0.0704 e. The molecule has 17 heavy (non-hydrogen) atoms. The summed E-state index contributed by atoms with van der Waals surface area (Å²) in [6.45, 7) is 9.92. The third kappa shape index (κ3) is 15.5. The maximum atomic E-state index is 8.44. The fraction of sp³-hybridized carbons (Fsp3) is 0.833. The second kappa shape index (κ2) is 13.6. The van der Waals surface area contributed by atoms with E-state index in [1.807, 2.05) is 6.92 Å². The van der Waals surface area contributed by atoms with Crippen LogP contribution in [0.4, 0.5) is 0 Å². The van der Waals surface area contributed by atoms with Crippen molar-refractivity contribution in [2.45, 2.75) is 6.92 Å². The lowest BCUT2D eigenvalue weighted by atomic mass is 10.4. The summed E-state index contributed by atoms with van der Waals surface area (Å²) in [7, 11) is 0. The average molecular weight is 248 g/mol. The highest BCUT2D eigenvalue weighted by Gasteiger charge is 1.92. The Kier molecular flexibility index (Phi) is 13.2. The molecule has 0 unspecified atom stereocenters. The van der Waals surface area contributed by atoms with Gasteiger partial charge in [-0.15, -0.1) is 0 Å². The molecule has 0 amide bonds. The van der Waals surface area contributed by atoms with Gasteiger partial charge in [0.25, 0.3) is 0 Å². The lowest BCUT2D eigenvalue weighted by Crippen LogP contribution is -2.12. The van der Waals surface area contributed by atoms with E-state index in [2.05, 4.69) is 6.58 Å². The number of hydrogen-bond acceptors (Lipinski definition) is 5. The molecular formula is C12H24O5. The van der Waals surface area contributed by atoms with Crippen molar-refractivity contribution in [1.29, 1.82) is 0 Å². The van der Waals surface area contributed by atoms with E-state index in [1.165, 1.54) is 0 Å². The summed E-state index contributed by atoms with van der Waals surface area (Å²) in [5, 5.41) is 8.44. The highest BCUT2D eigenvalue weighted by molar-refractivity contribution is 4.87. The van der Waals surface area contributed by atoms with Gasteiger partial charge in [-0.25, -0.2) is 0 Å². The summed E-state index contributed by atoms with van der Waals surface area (Å²) in [6.07, 6.45) is 0. The number of rotatable bonds is 13. The molecule has 0 saturated carbocycles. The van der Waals surface area contributed by atoms with Crippen LogP contribution in [0.1, 0.15) is 6.92 Å². The van der Waals surface area contributed by atoms with Crippen LogP contribution in [0.25, 0.3) is 0 Å². The molecule has 0 bridgehead atoms. The van der Waals surface area contributed by atoms with Crippen LogP contribution in [0.5, 0.6) is 0 Å². The van der Waals surface area contributed by atoms with Gasteiger partial charge in [0.15, 0.2) is 0 Å². The van der Waals surface area contributed by atoms with Gasteiger partial charge >= 0.3 is 0 Å². The molecule has 0 aromatic rings. The third-order valence-corrected chi connectivity index (χ3v) is 1.70. The first-order chi connectivity index (χ1) is 8.27. The molecule has 0 saturated heterocycles. The van der Waals surface area contributed by atoms with Crippen molar-refractivity contribution < 1.29 is 24.1 Å². The monoisotopic (exact) mass is 248 g/mol. The Morgan fingerprint density at radius 1 is 0.824 bits per heavy atom. The van der Waals surface area contributed by atoms with Crippen molar-refractivity contribution in [2.24, 2.45) is 0 Å². The number of aliphatic hydroxyl groups is 1. The first-order valence-corrected chi connectivity index (χ1v) is 5.83. The third-order valence-electron chi connectivity index (χ3n) is 1.70. The van der Waals surface area contributed by atoms with Crippen LogP contribution >= 0.6 is 0 Å². The number of hydrogen-bond donors (Lipinski definition) is 1. The molecule has 102 valence electrons. The van der Waals surface area contributed by atoms with E-state index in [-0.39, 0.29) is 6.61 Å². The van der Waals surface area contributed by atoms with Crippen LogP contribution in [0, 0.1) is 0 Å². The predicted molar refractivity (Wildman–Crippen MR) is 65.2 cm³/mol. The zero-order chi connectivity index (χ0) is 12.8. The quantitative estimate of drug-likeness (QED) is 0.382. The minimum absolute atomic E-state index is 0.0489. The van der Waals surface area contributed by atoms with Gasteiger partial charge in [0, 0.05) is 0 Å². The zero-order valence-electron chi connectivity index (χ0n) is 10.7. The zero-order valence-corrected chi connectivity index (χ0v) is 10.7. The van der Waals surface area contributed by atoms with Gasteiger partial charge in [-0.1, -0.05) is 12.2 Å². The van der Waals surface area contributed by atoms with E-state index in [1.54, 1.807) is 0 Å². The van der Waals surface area contributed by atoms with Crippen LogP contribution in [-0.4, -0.2) is 64.6 Å². The van der Waals surface area contributed by atoms with Gasteiger partial charge < -0.3 is 24.1 Å². The highest BCUT2D eigenvalue weighted by Crippen LogP contribution is 1.88. The van der Waals surface area contributed by atoms with Crippen molar-refractivity contribution in [2.75, 3.05) is 59.5 Å². The molecule has 5 heteroatoms. The van der Waals surface area contributed by atoms with E-state index in [0.29, 0.717) is 52.9 Å². The lowest BCUT2D eigenvalue weighted by molar-refractivity contribution is -0.00365. The maximum absolute atomic E-state index is 8.44. The Balaban J connectivity index is 2.91. The van der Waals surface area contributed by atoms with E-state index in [4.69, 9.17) is 24.1 Å². The Bertz CT molecular complexity index is 172. The Morgan fingerprint density at radius 2 is 1.24 bits per heavy atom. The van der Waals surface area contributed by atoms with Crippen LogP contribution in [0.3, 0.4) is 0 Å². The average Bonchev–Trinajstić information content (AvgIpc) is 2.30. The standard InChI is InChI=1S/C12H24O5/c1-12(2)11-17-10-9-16-8-7-15-6-5-14-4-3-13/h13H,1,3-11H2,2H3. The molecule has 0 aliphatic rings. The van der Waals surface area contributed by atoms with Crippen LogP contribution in [-0.2, 0) is 18.9 Å². The van der Waals surface area contributed by atoms with Crippen molar-refractivity contribution in [3.05, 3.63) is 12.2 Å². The molecule has 0 spiro atoms. The molecule has 0 atom stereocenters. The van der Waals surface area contributed by atoms with E-state index >= 15 is 0 Å². The van der Waals surface area contributed by atoms with Crippen LogP contribution < -0.4 is 0 Å². The van der Waals surface area contributed by atoms with Crippen molar-refractivity contribution in [1.82, 2.24) is 0 Å². The highest BCUT2D eigenvalue weighted by atomic mass is 16.6. The molecule has 0 aliphatic carbocycles. The van der Waals surface area contributed by atoms with Crippen molar-refractivity contribution >= 4 is 0 Å². The first kappa shape index (κ1) is 16.5. The first-order valence-electron chi connectivity index (χ1n) is 5.83. The Labute approximate surface area is 103 Å². The summed E-state index contributed by atoms with van der Waals surface area (Å²) < 4.78 is 20.8. The van der Waals surface area contributed by atoms with Crippen molar-refractivity contribution in [3.63, 3.8) is 0 Å². The summed E-state index contributed by atoms with van der Waals surface area (Å²) in [5.74, 6) is 0. The summed E-state index contributed by atoms with van der Waals surface area (Å²) in [5.41, 5.74) is 1.01. The normalized spacial score (nSPS) is 10.7. The van der Waals surface area contributed by atoms with Crippen LogP contribution in [0.15, 0.2) is 12.2 Å². The fourth-order valence-electron chi connectivity index (χ4n) is 0.971. The molecule has 0 aromatic heterocycles. The van der Waals surface area contributed by atoms with Crippen molar-refractivity contribution in [3.8, 4) is 0 Å². The molecule has 0 aromatic carbocycles. The molecule has 1 N–H and O–H groups in total. The Morgan fingerprint density at radius 3 is 1.65 bits per heavy atom. The lowest BCUT2D eigenvalue weighted by Gasteiger charge is -2.06. The summed E-state index contributed by atoms with van der Waals surface area (Å²) in [6, 6.07) is 0. The number of ether oxygens (including phenoxy) is 4. The molecule has 0 heterocycles. The molecule has 0 fully saturated rings. The number of aliphatic hydroxyl groups excluding tert-OH is 1. The predicted octanol–water partition coefficient (Wildman–Crippen LogP) is 0.621. The van der Waals surface area contributed by atoms with E-state index in [9.17, 15) is 0 Å². The fourth-order valence-corrected chi connectivity index (χ4v) is 0.971. The second-order valence-corrected chi connectivity index (χ2v) is 3.57. The van der Waals surface area contributed by atoms with Gasteiger partial charge in [0.2, 0.25) is 0 Å². The molecule has 0 radical (unpaired) electrons. The minimum Gasteiger partial charge on any atom is -0.394 e. The SMILES string of the molecule is C=C(C)COCCOCCOCCOCCO. The minimum atomic E-state index is 0.0489. The Hall–Kier alpha value is -0.460. The second-order valence-electron chi connectivity index (χ2n) is 3.57. The maximum Gasteiger partial charge on any atom is 0.0704 e. The van der Waals surface area contributed by atoms with Gasteiger partial charge in [-0.3, -0.25) is 0 Å². The molecular weight excluding hydrogens is 224 g/mol. The van der Waals surface area contributed by atoms with Gasteiger partial charge in [-0.05, 0) is 6.92 Å². The molecule has 0 rings (SSSR count).